The van der Waals surface area contributed by atoms with Crippen LogP contribution in [0.3, 0.4) is 0 Å². The highest BCUT2D eigenvalue weighted by atomic mass is 19.4. The minimum absolute atomic E-state index is 0.0270. The van der Waals surface area contributed by atoms with Crippen LogP contribution in [0.2, 0.25) is 0 Å². The van der Waals surface area contributed by atoms with Crippen LogP contribution >= 0.6 is 0 Å². The molecule has 9 heteroatoms. The summed E-state index contributed by atoms with van der Waals surface area (Å²) in [5.74, 6) is -0.834. The van der Waals surface area contributed by atoms with Crippen molar-refractivity contribution in [2.45, 2.75) is 25.7 Å². The van der Waals surface area contributed by atoms with Gasteiger partial charge >= 0.3 is 6.18 Å². The van der Waals surface area contributed by atoms with E-state index in [4.69, 9.17) is 0 Å². The standard InChI is InChI=1S/C20H16F4N4O/c21-17-13(2-1-3-15(17)20(22,23)24)10-28-9-6-16-14(11-28)19(29)27-18(26-16)12-4-7-25-8-5-12/h1-5,7-8H,6,9-11H2,(H,26,27,29). The van der Waals surface area contributed by atoms with Gasteiger partial charge in [0.15, 0.2) is 0 Å². The van der Waals surface area contributed by atoms with Gasteiger partial charge in [0.2, 0.25) is 0 Å². The normalized spacial score (nSPS) is 14.6. The molecular formula is C20H16F4N4O. The molecule has 4 rings (SSSR count). The number of pyridine rings is 1. The van der Waals surface area contributed by atoms with Crippen LogP contribution in [0.5, 0.6) is 0 Å². The Hall–Kier alpha value is -3.07. The van der Waals surface area contributed by atoms with Crippen molar-refractivity contribution in [3.05, 3.63) is 81.3 Å². The highest BCUT2D eigenvalue weighted by Gasteiger charge is 2.35. The number of nitrogens with zero attached hydrogens (tertiary/aromatic N) is 3. The Labute approximate surface area is 163 Å². The molecule has 0 fully saturated rings. The van der Waals surface area contributed by atoms with Crippen LogP contribution in [0, 0.1) is 5.82 Å². The van der Waals surface area contributed by atoms with Gasteiger partial charge in [0.25, 0.3) is 5.56 Å². The van der Waals surface area contributed by atoms with Crippen molar-refractivity contribution in [1.82, 2.24) is 19.9 Å². The van der Waals surface area contributed by atoms with Crippen LogP contribution < -0.4 is 5.56 Å². The summed E-state index contributed by atoms with van der Waals surface area (Å²) in [6.07, 6.45) is -1.11. The van der Waals surface area contributed by atoms with Crippen molar-refractivity contribution < 1.29 is 17.6 Å². The van der Waals surface area contributed by atoms with Gasteiger partial charge in [0, 0.05) is 49.6 Å². The molecule has 0 saturated heterocycles. The van der Waals surface area contributed by atoms with E-state index in [-0.39, 0.29) is 24.2 Å². The maximum atomic E-state index is 14.3. The Morgan fingerprint density at radius 1 is 1.14 bits per heavy atom. The third kappa shape index (κ3) is 3.91. The zero-order chi connectivity index (χ0) is 20.6. The van der Waals surface area contributed by atoms with E-state index in [1.54, 1.807) is 29.4 Å². The molecule has 0 bridgehead atoms. The number of aromatic nitrogens is 3. The number of hydrogen-bond acceptors (Lipinski definition) is 4. The number of halogens is 4. The first-order valence-corrected chi connectivity index (χ1v) is 8.92. The summed E-state index contributed by atoms with van der Waals surface area (Å²) in [7, 11) is 0. The maximum Gasteiger partial charge on any atom is 0.419 e. The predicted molar refractivity (Wildman–Crippen MR) is 97.3 cm³/mol. The number of rotatable bonds is 3. The Balaban J connectivity index is 1.58. The molecule has 1 N–H and O–H groups in total. The van der Waals surface area contributed by atoms with Crippen molar-refractivity contribution in [1.29, 1.82) is 0 Å². The Morgan fingerprint density at radius 2 is 1.90 bits per heavy atom. The Morgan fingerprint density at radius 3 is 2.62 bits per heavy atom. The van der Waals surface area contributed by atoms with Gasteiger partial charge in [0.05, 0.1) is 16.8 Å². The van der Waals surface area contributed by atoms with E-state index < -0.39 is 17.6 Å². The largest absolute Gasteiger partial charge is 0.419 e. The molecule has 0 aliphatic carbocycles. The molecule has 3 heterocycles. The van der Waals surface area contributed by atoms with E-state index in [0.717, 1.165) is 11.6 Å². The summed E-state index contributed by atoms with van der Waals surface area (Å²) in [6.45, 7) is 0.611. The molecule has 29 heavy (non-hydrogen) atoms. The molecule has 0 saturated carbocycles. The quantitative estimate of drug-likeness (QED) is 0.679. The van der Waals surface area contributed by atoms with Crippen LogP contribution in [-0.4, -0.2) is 26.4 Å². The van der Waals surface area contributed by atoms with Crippen molar-refractivity contribution in [2.24, 2.45) is 0 Å². The van der Waals surface area contributed by atoms with Gasteiger partial charge in [0.1, 0.15) is 11.6 Å². The lowest BCUT2D eigenvalue weighted by Crippen LogP contribution is -2.35. The number of hydrogen-bond donors (Lipinski definition) is 1. The molecule has 0 unspecified atom stereocenters. The number of aromatic amines is 1. The zero-order valence-corrected chi connectivity index (χ0v) is 15.1. The van der Waals surface area contributed by atoms with Gasteiger partial charge in [-0.3, -0.25) is 14.7 Å². The van der Waals surface area contributed by atoms with Gasteiger partial charge in [-0.1, -0.05) is 12.1 Å². The van der Waals surface area contributed by atoms with Gasteiger partial charge < -0.3 is 4.98 Å². The third-order valence-corrected chi connectivity index (χ3v) is 4.88. The molecule has 1 aliphatic heterocycles. The molecule has 0 atom stereocenters. The molecule has 150 valence electrons. The average Bonchev–Trinajstić information content (AvgIpc) is 2.69. The zero-order valence-electron chi connectivity index (χ0n) is 15.1. The smallest absolute Gasteiger partial charge is 0.306 e. The minimum Gasteiger partial charge on any atom is -0.306 e. The van der Waals surface area contributed by atoms with E-state index in [1.165, 1.54) is 12.1 Å². The van der Waals surface area contributed by atoms with Crippen LogP contribution in [0.4, 0.5) is 17.6 Å². The monoisotopic (exact) mass is 404 g/mol. The summed E-state index contributed by atoms with van der Waals surface area (Å²) < 4.78 is 53.1. The highest BCUT2D eigenvalue weighted by molar-refractivity contribution is 5.54. The van der Waals surface area contributed by atoms with Crippen LogP contribution in [0.1, 0.15) is 22.4 Å². The highest BCUT2D eigenvalue weighted by Crippen LogP contribution is 2.33. The lowest BCUT2D eigenvalue weighted by atomic mass is 10.0. The molecule has 5 nitrogen and oxygen atoms in total. The second-order valence-electron chi connectivity index (χ2n) is 6.81. The summed E-state index contributed by atoms with van der Waals surface area (Å²) in [4.78, 5) is 25.5. The number of H-pyrrole nitrogens is 1. The van der Waals surface area contributed by atoms with E-state index in [2.05, 4.69) is 15.0 Å². The average molecular weight is 404 g/mol. The number of benzene rings is 1. The number of fused-ring (bicyclic) bond motifs is 1. The maximum absolute atomic E-state index is 14.3. The summed E-state index contributed by atoms with van der Waals surface area (Å²) >= 11 is 0. The van der Waals surface area contributed by atoms with Gasteiger partial charge in [-0.05, 0) is 18.2 Å². The molecule has 1 aliphatic rings. The van der Waals surface area contributed by atoms with Crippen LogP contribution in [-0.2, 0) is 25.7 Å². The fraction of sp³-hybridized carbons (Fsp3) is 0.250. The topological polar surface area (TPSA) is 61.9 Å². The van der Waals surface area contributed by atoms with Crippen LogP contribution in [0.15, 0.2) is 47.5 Å². The van der Waals surface area contributed by atoms with E-state index >= 15 is 0 Å². The summed E-state index contributed by atoms with van der Waals surface area (Å²) in [5.41, 5.74) is 0.169. The third-order valence-electron chi connectivity index (χ3n) is 4.88. The fourth-order valence-electron chi connectivity index (χ4n) is 3.42. The first-order chi connectivity index (χ1) is 13.8. The van der Waals surface area contributed by atoms with Crippen molar-refractivity contribution >= 4 is 0 Å². The fourth-order valence-corrected chi connectivity index (χ4v) is 3.42. The number of alkyl halides is 3. The molecular weight excluding hydrogens is 388 g/mol. The molecule has 3 aromatic rings. The van der Waals surface area contributed by atoms with Gasteiger partial charge in [-0.15, -0.1) is 0 Å². The van der Waals surface area contributed by atoms with Crippen molar-refractivity contribution in [2.75, 3.05) is 6.54 Å². The predicted octanol–water partition coefficient (Wildman–Crippen LogP) is 3.55. The molecule has 0 radical (unpaired) electrons. The van der Waals surface area contributed by atoms with E-state index in [0.29, 0.717) is 30.0 Å². The Bertz CT molecular complexity index is 1100. The van der Waals surface area contributed by atoms with Gasteiger partial charge in [-0.2, -0.15) is 13.2 Å². The minimum atomic E-state index is -4.75. The van der Waals surface area contributed by atoms with E-state index in [9.17, 15) is 22.4 Å². The SMILES string of the molecule is O=c1[nH]c(-c2ccncc2)nc2c1CN(Cc1cccc(C(F)(F)F)c1F)CC2. The second-order valence-corrected chi connectivity index (χ2v) is 6.81. The molecule has 1 aromatic carbocycles. The Kier molecular flexibility index (Phi) is 4.91. The summed E-state index contributed by atoms with van der Waals surface area (Å²) in [5, 5.41) is 0. The van der Waals surface area contributed by atoms with Crippen LogP contribution in [0.25, 0.3) is 11.4 Å². The van der Waals surface area contributed by atoms with E-state index in [1.807, 2.05) is 0 Å². The van der Waals surface area contributed by atoms with Gasteiger partial charge in [-0.25, -0.2) is 9.37 Å². The number of nitrogens with one attached hydrogen (secondary N) is 1. The molecule has 0 amide bonds. The van der Waals surface area contributed by atoms with Crippen molar-refractivity contribution in [3.8, 4) is 11.4 Å². The second kappa shape index (κ2) is 7.40. The first kappa shape index (κ1) is 19.3. The molecule has 0 spiro atoms. The lowest BCUT2D eigenvalue weighted by molar-refractivity contribution is -0.140. The first-order valence-electron chi connectivity index (χ1n) is 8.92. The molecule has 2 aromatic heterocycles. The van der Waals surface area contributed by atoms with Crippen molar-refractivity contribution in [3.63, 3.8) is 0 Å². The lowest BCUT2D eigenvalue weighted by Gasteiger charge is -2.28. The summed E-state index contributed by atoms with van der Waals surface area (Å²) in [6, 6.07) is 6.70.